The Morgan fingerprint density at radius 2 is 2.00 bits per heavy atom. The van der Waals surface area contributed by atoms with Gasteiger partial charge in [0.25, 0.3) is 11.8 Å². The van der Waals surface area contributed by atoms with Gasteiger partial charge in [-0.3, -0.25) is 19.3 Å². The van der Waals surface area contributed by atoms with Crippen LogP contribution >= 0.6 is 11.8 Å². The number of rotatable bonds is 4. The van der Waals surface area contributed by atoms with E-state index in [1.807, 2.05) is 32.0 Å². The van der Waals surface area contributed by atoms with E-state index in [-0.39, 0.29) is 29.6 Å². The lowest BCUT2D eigenvalue weighted by atomic mass is 10.0. The molecule has 2 heterocycles. The standard InChI is InChI=1S/C17H18N2O4S/c1-10(2)15-12(20)9-24-17-14(16(22)19(15)17)18-13(21)8-23-11-6-4-3-5-7-11/h3-7,14,17H,8-9H2,1-2H3,(H,18,21)/t14-,17-/m1/s1. The molecule has 2 amide bonds. The number of allylic oxidation sites excluding steroid dienone is 2. The summed E-state index contributed by atoms with van der Waals surface area (Å²) >= 11 is 1.38. The predicted octanol–water partition coefficient (Wildman–Crippen LogP) is 1.33. The molecule has 1 N–H and O–H groups in total. The molecule has 24 heavy (non-hydrogen) atoms. The molecule has 0 aromatic heterocycles. The fourth-order valence-electron chi connectivity index (χ4n) is 2.77. The molecular formula is C17H18N2O4S. The number of carbonyl (C=O) groups excluding carboxylic acids is 3. The van der Waals surface area contributed by atoms with E-state index in [2.05, 4.69) is 5.32 Å². The van der Waals surface area contributed by atoms with E-state index < -0.39 is 6.04 Å². The van der Waals surface area contributed by atoms with Crippen LogP contribution in [0.2, 0.25) is 0 Å². The van der Waals surface area contributed by atoms with Gasteiger partial charge in [0.05, 0.1) is 11.4 Å². The van der Waals surface area contributed by atoms with Gasteiger partial charge in [-0.1, -0.05) is 18.2 Å². The maximum atomic E-state index is 12.3. The van der Waals surface area contributed by atoms with Crippen LogP contribution in [0.4, 0.5) is 0 Å². The minimum atomic E-state index is -0.607. The molecule has 0 spiro atoms. The summed E-state index contributed by atoms with van der Waals surface area (Å²) in [6.07, 6.45) is 0. The molecule has 1 aromatic rings. The highest BCUT2D eigenvalue weighted by Gasteiger charge is 2.53. The third-order valence-electron chi connectivity index (χ3n) is 3.84. The van der Waals surface area contributed by atoms with Crippen LogP contribution in [-0.2, 0) is 14.4 Å². The summed E-state index contributed by atoms with van der Waals surface area (Å²) < 4.78 is 5.38. The molecule has 2 saturated heterocycles. The van der Waals surface area contributed by atoms with Gasteiger partial charge >= 0.3 is 0 Å². The number of carbonyl (C=O) groups is 3. The van der Waals surface area contributed by atoms with Crippen molar-refractivity contribution >= 4 is 29.4 Å². The Bertz CT molecular complexity index is 713. The van der Waals surface area contributed by atoms with Crippen LogP contribution in [0.25, 0.3) is 0 Å². The largest absolute Gasteiger partial charge is 0.484 e. The van der Waals surface area contributed by atoms with Crippen LogP contribution in [0.5, 0.6) is 5.75 Å². The molecule has 0 radical (unpaired) electrons. The third kappa shape index (κ3) is 3.03. The van der Waals surface area contributed by atoms with E-state index in [0.29, 0.717) is 17.2 Å². The van der Waals surface area contributed by atoms with E-state index >= 15 is 0 Å². The molecule has 126 valence electrons. The second-order valence-electron chi connectivity index (χ2n) is 5.83. The molecule has 0 bridgehead atoms. The second-order valence-corrected chi connectivity index (χ2v) is 6.93. The highest BCUT2D eigenvalue weighted by atomic mass is 32.2. The van der Waals surface area contributed by atoms with E-state index in [4.69, 9.17) is 4.74 Å². The normalized spacial score (nSPS) is 22.6. The Hall–Kier alpha value is -2.28. The number of β-lactam (4-membered cyclic amide) rings is 1. The van der Waals surface area contributed by atoms with Crippen molar-refractivity contribution < 1.29 is 19.1 Å². The second kappa shape index (κ2) is 6.68. The summed E-state index contributed by atoms with van der Waals surface area (Å²) in [6.45, 7) is 3.47. The number of para-hydroxylation sites is 1. The van der Waals surface area contributed by atoms with E-state index in [0.717, 1.165) is 5.57 Å². The average molecular weight is 346 g/mol. The summed E-state index contributed by atoms with van der Waals surface area (Å²) in [4.78, 5) is 37.8. The molecular weight excluding hydrogens is 328 g/mol. The molecule has 3 rings (SSSR count). The maximum Gasteiger partial charge on any atom is 0.258 e. The molecule has 6 nitrogen and oxygen atoms in total. The van der Waals surface area contributed by atoms with Crippen molar-refractivity contribution in [1.29, 1.82) is 0 Å². The average Bonchev–Trinajstić information content (AvgIpc) is 2.58. The Morgan fingerprint density at radius 1 is 1.29 bits per heavy atom. The number of nitrogens with one attached hydrogen (secondary N) is 1. The Kier molecular flexibility index (Phi) is 4.62. The van der Waals surface area contributed by atoms with E-state index in [1.165, 1.54) is 16.7 Å². The number of ketones is 1. The fourth-order valence-corrected chi connectivity index (χ4v) is 3.96. The molecule has 2 aliphatic rings. The molecule has 2 fully saturated rings. The van der Waals surface area contributed by atoms with Gasteiger partial charge < -0.3 is 10.1 Å². The van der Waals surface area contributed by atoms with Gasteiger partial charge in [0.1, 0.15) is 17.2 Å². The zero-order chi connectivity index (χ0) is 17.3. The monoisotopic (exact) mass is 346 g/mol. The zero-order valence-corrected chi connectivity index (χ0v) is 14.3. The first kappa shape index (κ1) is 16.6. The Balaban J connectivity index is 1.59. The molecule has 2 aliphatic heterocycles. The number of Topliss-reactive ketones (excluding diaryl/α,β-unsaturated/α-hetero) is 1. The lowest BCUT2D eigenvalue weighted by Gasteiger charge is -2.49. The van der Waals surface area contributed by atoms with Crippen molar-refractivity contribution in [2.75, 3.05) is 12.4 Å². The molecule has 0 unspecified atom stereocenters. The van der Waals surface area contributed by atoms with Gasteiger partial charge in [0, 0.05) is 0 Å². The van der Waals surface area contributed by atoms with Crippen LogP contribution in [0.3, 0.4) is 0 Å². The summed E-state index contributed by atoms with van der Waals surface area (Å²) in [5, 5.41) is 2.48. The van der Waals surface area contributed by atoms with Gasteiger partial charge in [-0.2, -0.15) is 0 Å². The van der Waals surface area contributed by atoms with Crippen molar-refractivity contribution in [1.82, 2.24) is 10.2 Å². The number of fused-ring (bicyclic) bond motifs is 1. The molecule has 0 aliphatic carbocycles. The van der Waals surface area contributed by atoms with Gasteiger partial charge in [0.2, 0.25) is 0 Å². The first-order chi connectivity index (χ1) is 11.5. The van der Waals surface area contributed by atoms with E-state index in [1.54, 1.807) is 12.1 Å². The Morgan fingerprint density at radius 3 is 2.67 bits per heavy atom. The molecule has 2 atom stereocenters. The number of ether oxygens (including phenoxy) is 1. The number of hydrogen-bond donors (Lipinski definition) is 1. The van der Waals surface area contributed by atoms with Crippen LogP contribution in [0, 0.1) is 0 Å². The fraction of sp³-hybridized carbons (Fsp3) is 0.353. The lowest BCUT2D eigenvalue weighted by Crippen LogP contribution is -2.71. The van der Waals surface area contributed by atoms with E-state index in [9.17, 15) is 14.4 Å². The van der Waals surface area contributed by atoms with Crippen molar-refractivity contribution in [3.63, 3.8) is 0 Å². The van der Waals surface area contributed by atoms with Crippen molar-refractivity contribution in [2.45, 2.75) is 25.3 Å². The van der Waals surface area contributed by atoms with Crippen LogP contribution in [0.1, 0.15) is 13.8 Å². The first-order valence-electron chi connectivity index (χ1n) is 7.61. The smallest absolute Gasteiger partial charge is 0.258 e. The number of thioether (sulfide) groups is 1. The van der Waals surface area contributed by atoms with Crippen LogP contribution in [0.15, 0.2) is 41.6 Å². The van der Waals surface area contributed by atoms with Crippen molar-refractivity contribution in [3.05, 3.63) is 41.6 Å². The van der Waals surface area contributed by atoms with Crippen LogP contribution in [-0.4, -0.2) is 46.3 Å². The summed E-state index contributed by atoms with van der Waals surface area (Å²) in [5.74, 6) is 0.278. The number of amides is 2. The number of benzene rings is 1. The van der Waals surface area contributed by atoms with Gasteiger partial charge in [-0.15, -0.1) is 11.8 Å². The van der Waals surface area contributed by atoms with Gasteiger partial charge in [0.15, 0.2) is 12.4 Å². The summed E-state index contributed by atoms with van der Waals surface area (Å²) in [5.41, 5.74) is 1.28. The zero-order valence-electron chi connectivity index (χ0n) is 13.4. The lowest BCUT2D eigenvalue weighted by molar-refractivity contribution is -0.148. The van der Waals surface area contributed by atoms with Crippen molar-refractivity contribution in [2.24, 2.45) is 0 Å². The predicted molar refractivity (Wildman–Crippen MR) is 90.3 cm³/mol. The SMILES string of the molecule is CC(C)=C1C(=O)CS[C@@H]2[C@H](NC(=O)COc3ccccc3)C(=O)N12. The molecule has 1 aromatic carbocycles. The third-order valence-corrected chi connectivity index (χ3v) is 5.09. The highest BCUT2D eigenvalue weighted by molar-refractivity contribution is 8.00. The molecule has 7 heteroatoms. The van der Waals surface area contributed by atoms with Crippen LogP contribution < -0.4 is 10.1 Å². The highest BCUT2D eigenvalue weighted by Crippen LogP contribution is 2.39. The minimum absolute atomic E-state index is 0.0400. The number of nitrogens with zero attached hydrogens (tertiary/aromatic N) is 1. The quantitative estimate of drug-likeness (QED) is 0.657. The Labute approximate surface area is 144 Å². The maximum absolute atomic E-state index is 12.3. The van der Waals surface area contributed by atoms with Crippen molar-refractivity contribution in [3.8, 4) is 5.75 Å². The number of hydrogen-bond acceptors (Lipinski definition) is 5. The molecule has 0 saturated carbocycles. The van der Waals surface area contributed by atoms with Gasteiger partial charge in [-0.25, -0.2) is 0 Å². The summed E-state index contributed by atoms with van der Waals surface area (Å²) in [7, 11) is 0. The first-order valence-corrected chi connectivity index (χ1v) is 8.66. The van der Waals surface area contributed by atoms with Gasteiger partial charge in [-0.05, 0) is 31.6 Å². The minimum Gasteiger partial charge on any atom is -0.484 e. The topological polar surface area (TPSA) is 75.7 Å². The summed E-state index contributed by atoms with van der Waals surface area (Å²) in [6, 6.07) is 8.40.